The number of rotatable bonds is 6. The molecular formula is C12H17ClN2OS. The summed E-state index contributed by atoms with van der Waals surface area (Å²) in [6, 6.07) is 7.20. The molecule has 0 aliphatic rings. The molecule has 94 valence electrons. The van der Waals surface area contributed by atoms with Gasteiger partial charge < -0.3 is 11.1 Å². The van der Waals surface area contributed by atoms with Crippen LogP contribution >= 0.6 is 23.4 Å². The van der Waals surface area contributed by atoms with E-state index in [9.17, 15) is 4.79 Å². The Bertz CT molecular complexity index is 373. The van der Waals surface area contributed by atoms with Crippen molar-refractivity contribution in [2.45, 2.75) is 6.92 Å². The first-order valence-corrected chi connectivity index (χ1v) is 6.99. The van der Waals surface area contributed by atoms with E-state index in [1.807, 2.05) is 12.1 Å². The molecule has 0 saturated heterocycles. The number of hydrogen-bond donors (Lipinski definition) is 2. The van der Waals surface area contributed by atoms with Crippen LogP contribution in [0.4, 0.5) is 5.69 Å². The summed E-state index contributed by atoms with van der Waals surface area (Å²) in [4.78, 5) is 11.6. The molecule has 1 aromatic carbocycles. The summed E-state index contributed by atoms with van der Waals surface area (Å²) in [7, 11) is 0. The van der Waals surface area contributed by atoms with E-state index >= 15 is 0 Å². The molecule has 1 aromatic rings. The highest BCUT2D eigenvalue weighted by Gasteiger charge is 2.06. The number of anilines is 1. The number of amides is 1. The van der Waals surface area contributed by atoms with Crippen molar-refractivity contribution in [3.05, 3.63) is 29.3 Å². The molecule has 0 radical (unpaired) electrons. The van der Waals surface area contributed by atoms with Gasteiger partial charge >= 0.3 is 0 Å². The number of nitrogens with two attached hydrogens (primary N) is 1. The largest absolute Gasteiger partial charge is 0.330 e. The van der Waals surface area contributed by atoms with Gasteiger partial charge in [0.2, 0.25) is 5.91 Å². The summed E-state index contributed by atoms with van der Waals surface area (Å²) in [5, 5.41) is 3.34. The van der Waals surface area contributed by atoms with E-state index in [1.54, 1.807) is 23.9 Å². The smallest absolute Gasteiger partial charge is 0.234 e. The maximum Gasteiger partial charge on any atom is 0.234 e. The molecule has 0 bridgehead atoms. The minimum absolute atomic E-state index is 0.0349. The van der Waals surface area contributed by atoms with Gasteiger partial charge in [-0.3, -0.25) is 4.79 Å². The van der Waals surface area contributed by atoms with E-state index in [-0.39, 0.29) is 5.91 Å². The third-order valence-corrected chi connectivity index (χ3v) is 3.79. The fraction of sp³-hybridized carbons (Fsp3) is 0.417. The van der Waals surface area contributed by atoms with Crippen molar-refractivity contribution in [3.63, 3.8) is 0 Å². The molecule has 1 amide bonds. The van der Waals surface area contributed by atoms with Gasteiger partial charge in [-0.15, -0.1) is 0 Å². The molecule has 0 aliphatic heterocycles. The Hall–Kier alpha value is -0.710. The zero-order valence-electron chi connectivity index (χ0n) is 9.78. The third kappa shape index (κ3) is 5.44. The zero-order chi connectivity index (χ0) is 12.7. The van der Waals surface area contributed by atoms with Gasteiger partial charge in [-0.25, -0.2) is 0 Å². The molecule has 1 unspecified atom stereocenters. The van der Waals surface area contributed by atoms with Crippen LogP contribution in [0.3, 0.4) is 0 Å². The predicted molar refractivity (Wildman–Crippen MR) is 75.6 cm³/mol. The van der Waals surface area contributed by atoms with E-state index in [0.717, 1.165) is 5.75 Å². The number of thioether (sulfide) groups is 1. The fourth-order valence-corrected chi connectivity index (χ4v) is 2.27. The number of carbonyl (C=O) groups excluding carboxylic acids is 1. The normalized spacial score (nSPS) is 12.2. The van der Waals surface area contributed by atoms with Gasteiger partial charge in [0.1, 0.15) is 0 Å². The second-order valence-electron chi connectivity index (χ2n) is 3.88. The lowest BCUT2D eigenvalue weighted by Crippen LogP contribution is -2.17. The maximum absolute atomic E-state index is 11.6. The van der Waals surface area contributed by atoms with E-state index in [4.69, 9.17) is 17.3 Å². The Balaban J connectivity index is 2.33. The predicted octanol–water partition coefficient (Wildman–Crippen LogP) is 2.61. The van der Waals surface area contributed by atoms with Gasteiger partial charge in [-0.1, -0.05) is 30.7 Å². The molecule has 0 heterocycles. The summed E-state index contributed by atoms with van der Waals surface area (Å²) in [6.45, 7) is 2.72. The van der Waals surface area contributed by atoms with Gasteiger partial charge in [0.15, 0.2) is 0 Å². The molecule has 0 aromatic heterocycles. The molecule has 5 heteroatoms. The number of carbonyl (C=O) groups is 1. The van der Waals surface area contributed by atoms with Crippen molar-refractivity contribution < 1.29 is 4.79 Å². The number of benzene rings is 1. The van der Waals surface area contributed by atoms with Crippen LogP contribution in [0.1, 0.15) is 6.92 Å². The SMILES string of the molecule is CC(CN)CSCC(=O)Nc1ccccc1Cl. The van der Waals surface area contributed by atoms with E-state index in [1.165, 1.54) is 0 Å². The Morgan fingerprint density at radius 2 is 2.24 bits per heavy atom. The summed E-state index contributed by atoms with van der Waals surface area (Å²) in [5.74, 6) is 1.72. The molecule has 1 atom stereocenters. The summed E-state index contributed by atoms with van der Waals surface area (Å²) >= 11 is 7.52. The fourth-order valence-electron chi connectivity index (χ4n) is 1.17. The summed E-state index contributed by atoms with van der Waals surface area (Å²) in [6.07, 6.45) is 0. The molecule has 1 rings (SSSR count). The Morgan fingerprint density at radius 1 is 1.53 bits per heavy atom. The molecule has 0 fully saturated rings. The minimum atomic E-state index is -0.0349. The van der Waals surface area contributed by atoms with Crippen LogP contribution < -0.4 is 11.1 Å². The highest BCUT2D eigenvalue weighted by atomic mass is 35.5. The van der Waals surface area contributed by atoms with Crippen LogP contribution in [0, 0.1) is 5.92 Å². The Morgan fingerprint density at radius 3 is 2.88 bits per heavy atom. The van der Waals surface area contributed by atoms with Gasteiger partial charge in [0.05, 0.1) is 16.5 Å². The summed E-state index contributed by atoms with van der Waals surface area (Å²) < 4.78 is 0. The maximum atomic E-state index is 11.6. The average molecular weight is 273 g/mol. The van der Waals surface area contributed by atoms with E-state index in [0.29, 0.717) is 28.9 Å². The van der Waals surface area contributed by atoms with Gasteiger partial charge in [-0.2, -0.15) is 11.8 Å². The number of para-hydroxylation sites is 1. The molecule has 0 spiro atoms. The first-order valence-electron chi connectivity index (χ1n) is 5.45. The number of hydrogen-bond acceptors (Lipinski definition) is 3. The van der Waals surface area contributed by atoms with Crippen LogP contribution in [-0.2, 0) is 4.79 Å². The first kappa shape index (κ1) is 14.4. The van der Waals surface area contributed by atoms with Crippen molar-refractivity contribution in [1.29, 1.82) is 0 Å². The van der Waals surface area contributed by atoms with Crippen molar-refractivity contribution >= 4 is 35.0 Å². The van der Waals surface area contributed by atoms with Crippen molar-refractivity contribution in [3.8, 4) is 0 Å². The zero-order valence-corrected chi connectivity index (χ0v) is 11.4. The van der Waals surface area contributed by atoms with Gasteiger partial charge in [0, 0.05) is 0 Å². The molecule has 0 aliphatic carbocycles. The molecule has 3 N–H and O–H groups in total. The van der Waals surface area contributed by atoms with Gasteiger partial charge in [-0.05, 0) is 30.3 Å². The van der Waals surface area contributed by atoms with Crippen molar-refractivity contribution in [1.82, 2.24) is 0 Å². The van der Waals surface area contributed by atoms with E-state index < -0.39 is 0 Å². The second kappa shape index (κ2) is 7.58. The Kier molecular flexibility index (Phi) is 6.40. The molecule has 3 nitrogen and oxygen atoms in total. The highest BCUT2D eigenvalue weighted by molar-refractivity contribution is 7.99. The molecular weight excluding hydrogens is 256 g/mol. The third-order valence-electron chi connectivity index (χ3n) is 2.19. The number of nitrogens with one attached hydrogen (secondary N) is 1. The summed E-state index contributed by atoms with van der Waals surface area (Å²) in [5.41, 5.74) is 6.16. The van der Waals surface area contributed by atoms with Crippen LogP contribution in [0.15, 0.2) is 24.3 Å². The number of halogens is 1. The van der Waals surface area contributed by atoms with E-state index in [2.05, 4.69) is 12.2 Å². The standard InChI is InChI=1S/C12H17ClN2OS/c1-9(6-14)7-17-8-12(16)15-11-5-3-2-4-10(11)13/h2-5,9H,6-8,14H2,1H3,(H,15,16). The lowest BCUT2D eigenvalue weighted by molar-refractivity contribution is -0.113. The minimum Gasteiger partial charge on any atom is -0.330 e. The monoisotopic (exact) mass is 272 g/mol. The van der Waals surface area contributed by atoms with Crippen LogP contribution in [0.2, 0.25) is 5.02 Å². The average Bonchev–Trinajstić information content (AvgIpc) is 2.32. The van der Waals surface area contributed by atoms with Crippen LogP contribution in [0.5, 0.6) is 0 Å². The van der Waals surface area contributed by atoms with Crippen molar-refractivity contribution in [2.24, 2.45) is 11.7 Å². The highest BCUT2D eigenvalue weighted by Crippen LogP contribution is 2.20. The lowest BCUT2D eigenvalue weighted by Gasteiger charge is -2.09. The molecule has 0 saturated carbocycles. The van der Waals surface area contributed by atoms with Crippen LogP contribution in [-0.4, -0.2) is 24.0 Å². The van der Waals surface area contributed by atoms with Crippen molar-refractivity contribution in [2.75, 3.05) is 23.4 Å². The quantitative estimate of drug-likeness (QED) is 0.837. The van der Waals surface area contributed by atoms with Crippen LogP contribution in [0.25, 0.3) is 0 Å². The topological polar surface area (TPSA) is 55.1 Å². The lowest BCUT2D eigenvalue weighted by atomic mass is 10.2. The second-order valence-corrected chi connectivity index (χ2v) is 5.32. The van der Waals surface area contributed by atoms with Gasteiger partial charge in [0.25, 0.3) is 0 Å². The Labute approximate surface area is 111 Å². The molecule has 17 heavy (non-hydrogen) atoms. The first-order chi connectivity index (χ1) is 8.13.